The van der Waals surface area contributed by atoms with Gasteiger partial charge in [0.1, 0.15) is 0 Å². The summed E-state index contributed by atoms with van der Waals surface area (Å²) >= 11 is 0. The second kappa shape index (κ2) is 3.51. The van der Waals surface area contributed by atoms with E-state index >= 15 is 0 Å². The Hall–Kier alpha value is -0.620. The zero-order valence-corrected chi connectivity index (χ0v) is 9.17. The van der Waals surface area contributed by atoms with E-state index in [0.717, 1.165) is 12.8 Å². The number of carboxylic acid groups (broad SMARTS) is 1. The Morgan fingerprint density at radius 2 is 2.07 bits per heavy atom. The van der Waals surface area contributed by atoms with Gasteiger partial charge in [-0.2, -0.15) is 0 Å². The van der Waals surface area contributed by atoms with Gasteiger partial charge in [-0.3, -0.25) is 4.79 Å². The van der Waals surface area contributed by atoms with E-state index in [1.807, 2.05) is 0 Å². The highest BCUT2D eigenvalue weighted by Crippen LogP contribution is 2.28. The number of aliphatic carboxylic acids is 1. The van der Waals surface area contributed by atoms with Crippen molar-refractivity contribution in [3.8, 4) is 0 Å². The fraction of sp³-hybridized carbons (Fsp3) is 0.875. The Morgan fingerprint density at radius 3 is 2.36 bits per heavy atom. The van der Waals surface area contributed by atoms with E-state index in [1.54, 1.807) is 11.9 Å². The zero-order valence-electron chi connectivity index (χ0n) is 8.36. The van der Waals surface area contributed by atoms with Crippen LogP contribution in [0.25, 0.3) is 0 Å². The molecule has 1 fully saturated rings. The zero-order chi connectivity index (χ0) is 11.0. The highest BCUT2D eigenvalue weighted by Gasteiger charge is 2.50. The molecule has 1 aliphatic rings. The summed E-state index contributed by atoms with van der Waals surface area (Å²) in [7, 11) is -1.82. The molecular weight excluding hydrogens is 206 g/mol. The lowest BCUT2D eigenvalue weighted by Crippen LogP contribution is -2.56. The van der Waals surface area contributed by atoms with Gasteiger partial charge in [-0.1, -0.05) is 0 Å². The summed E-state index contributed by atoms with van der Waals surface area (Å²) in [5, 5.41) is 9.04. The Balaban J connectivity index is 3.11. The van der Waals surface area contributed by atoms with E-state index < -0.39 is 20.6 Å². The molecule has 0 saturated carbocycles. The molecule has 0 radical (unpaired) electrons. The third-order valence-corrected chi connectivity index (χ3v) is 4.67. The Labute approximate surface area is 83.6 Å². The molecule has 0 bridgehead atoms. The van der Waals surface area contributed by atoms with Crippen molar-refractivity contribution in [2.45, 2.75) is 17.6 Å². The predicted molar refractivity (Wildman–Crippen MR) is 51.9 cm³/mol. The molecule has 5 nitrogen and oxygen atoms in total. The van der Waals surface area contributed by atoms with E-state index in [0.29, 0.717) is 6.42 Å². The second-order valence-electron chi connectivity index (χ2n) is 3.91. The normalized spacial score (nSPS) is 30.1. The second-order valence-corrected chi connectivity index (χ2v) is 6.24. The molecule has 6 heteroatoms. The van der Waals surface area contributed by atoms with Gasteiger partial charge in [0.15, 0.2) is 14.6 Å². The summed E-state index contributed by atoms with van der Waals surface area (Å²) in [5.74, 6) is -1.23. The molecule has 1 N–H and O–H groups in total. The van der Waals surface area contributed by atoms with Crippen LogP contribution < -0.4 is 0 Å². The Morgan fingerprint density at radius 1 is 1.50 bits per heavy atom. The van der Waals surface area contributed by atoms with E-state index in [2.05, 4.69) is 0 Å². The fourth-order valence-corrected chi connectivity index (χ4v) is 3.15. The minimum Gasteiger partial charge on any atom is -0.480 e. The van der Waals surface area contributed by atoms with Gasteiger partial charge in [0.2, 0.25) is 0 Å². The van der Waals surface area contributed by atoms with Crippen LogP contribution in [0.15, 0.2) is 0 Å². The van der Waals surface area contributed by atoms with Crippen molar-refractivity contribution < 1.29 is 18.3 Å². The fourth-order valence-electron chi connectivity index (χ4n) is 1.86. The molecule has 1 rings (SSSR count). The Bertz CT molecular complexity index is 337. The number of hydrogen-bond donors (Lipinski definition) is 1. The van der Waals surface area contributed by atoms with Gasteiger partial charge in [-0.25, -0.2) is 8.42 Å². The minimum atomic E-state index is -3.56. The molecule has 0 spiro atoms. The van der Waals surface area contributed by atoms with Gasteiger partial charge in [0, 0.05) is 12.8 Å². The Kier molecular flexibility index (Phi) is 2.87. The van der Waals surface area contributed by atoms with Crippen LogP contribution in [0.2, 0.25) is 0 Å². The maximum atomic E-state index is 11.5. The highest BCUT2D eigenvalue weighted by atomic mass is 32.2. The van der Waals surface area contributed by atoms with Crippen molar-refractivity contribution >= 4 is 15.8 Å². The van der Waals surface area contributed by atoms with Gasteiger partial charge in [-0.15, -0.1) is 0 Å². The van der Waals surface area contributed by atoms with Crippen molar-refractivity contribution in [2.75, 3.05) is 26.4 Å². The molecular formula is C8H15NO4S. The summed E-state index contributed by atoms with van der Waals surface area (Å²) < 4.78 is 21.4. The van der Waals surface area contributed by atoms with Crippen molar-refractivity contribution in [3.05, 3.63) is 0 Å². The topological polar surface area (TPSA) is 74.7 Å². The lowest BCUT2D eigenvalue weighted by molar-refractivity contribution is -0.141. The molecule has 1 aliphatic heterocycles. The van der Waals surface area contributed by atoms with Crippen LogP contribution in [-0.4, -0.2) is 55.5 Å². The van der Waals surface area contributed by atoms with Crippen LogP contribution >= 0.6 is 0 Å². The molecule has 1 heterocycles. The smallest absolute Gasteiger partial charge is 0.326 e. The minimum absolute atomic E-state index is 0.0845. The molecule has 0 amide bonds. The lowest BCUT2D eigenvalue weighted by Gasteiger charge is -2.36. The van der Waals surface area contributed by atoms with E-state index in [9.17, 15) is 13.2 Å². The van der Waals surface area contributed by atoms with Crippen LogP contribution in [0, 0.1) is 0 Å². The molecule has 0 aromatic carbocycles. The van der Waals surface area contributed by atoms with Crippen LogP contribution in [0.4, 0.5) is 0 Å². The molecule has 1 atom stereocenters. The molecule has 1 saturated heterocycles. The van der Waals surface area contributed by atoms with Gasteiger partial charge >= 0.3 is 5.97 Å². The number of rotatable bonds is 2. The molecule has 82 valence electrons. The van der Waals surface area contributed by atoms with Gasteiger partial charge < -0.3 is 10.0 Å². The van der Waals surface area contributed by atoms with E-state index in [1.165, 1.54) is 0 Å². The average Bonchev–Trinajstić information content (AvgIpc) is 2.01. The largest absolute Gasteiger partial charge is 0.480 e. The first-order chi connectivity index (χ1) is 6.29. The average molecular weight is 221 g/mol. The number of likely N-dealkylation sites (tertiary alicyclic amines) is 1. The molecule has 0 aromatic rings. The van der Waals surface area contributed by atoms with E-state index in [-0.39, 0.29) is 13.0 Å². The maximum Gasteiger partial charge on any atom is 0.326 e. The number of sulfone groups is 1. The third kappa shape index (κ3) is 1.76. The molecule has 1 unspecified atom stereocenters. The number of hydrogen-bond acceptors (Lipinski definition) is 4. The molecule has 0 aliphatic carbocycles. The van der Waals surface area contributed by atoms with Crippen molar-refractivity contribution in [1.82, 2.24) is 4.90 Å². The number of nitrogens with zero attached hydrogens (tertiary/aromatic N) is 1. The number of carboxylic acids is 1. The number of piperidine rings is 1. The first kappa shape index (κ1) is 11.5. The lowest BCUT2D eigenvalue weighted by atomic mass is 9.97. The first-order valence-electron chi connectivity index (χ1n) is 4.41. The summed E-state index contributed by atoms with van der Waals surface area (Å²) in [5.41, 5.74) is 0. The first-order valence-corrected chi connectivity index (χ1v) is 6.30. The van der Waals surface area contributed by atoms with Gasteiger partial charge in [-0.05, 0) is 26.4 Å². The van der Waals surface area contributed by atoms with Crippen molar-refractivity contribution in [3.63, 3.8) is 0 Å². The summed E-state index contributed by atoms with van der Waals surface area (Å²) in [6, 6.07) is 0. The predicted octanol–water partition coefficient (Wildman–Crippen LogP) is -0.420. The van der Waals surface area contributed by atoms with Crippen LogP contribution in [0.3, 0.4) is 0 Å². The number of carbonyl (C=O) groups is 1. The summed E-state index contributed by atoms with van der Waals surface area (Å²) in [6.07, 6.45) is 1.82. The van der Waals surface area contributed by atoms with Crippen LogP contribution in [0.5, 0.6) is 0 Å². The quantitative estimate of drug-likeness (QED) is 0.685. The maximum absolute atomic E-state index is 11.5. The van der Waals surface area contributed by atoms with Gasteiger partial charge in [0.25, 0.3) is 0 Å². The summed E-state index contributed by atoms with van der Waals surface area (Å²) in [4.78, 5) is 12.8. The van der Waals surface area contributed by atoms with E-state index in [4.69, 9.17) is 5.11 Å². The van der Waals surface area contributed by atoms with Crippen LogP contribution in [0.1, 0.15) is 12.8 Å². The molecule has 0 aromatic heterocycles. The SMILES string of the molecule is CN1CCCC(C(=O)O)(S(C)(=O)=O)C1. The highest BCUT2D eigenvalue weighted by molar-refractivity contribution is 7.92. The van der Waals surface area contributed by atoms with Crippen molar-refractivity contribution in [2.24, 2.45) is 0 Å². The van der Waals surface area contributed by atoms with Crippen molar-refractivity contribution in [1.29, 1.82) is 0 Å². The standard InChI is InChI=1S/C8H15NO4S/c1-9-5-3-4-8(6-9,7(10)11)14(2,12)13/h3-6H2,1-2H3,(H,10,11). The summed E-state index contributed by atoms with van der Waals surface area (Å²) in [6.45, 7) is 0.839. The molecule has 14 heavy (non-hydrogen) atoms. The third-order valence-electron chi connectivity index (χ3n) is 2.75. The monoisotopic (exact) mass is 221 g/mol. The van der Waals surface area contributed by atoms with Crippen LogP contribution in [-0.2, 0) is 14.6 Å². The van der Waals surface area contributed by atoms with Gasteiger partial charge in [0.05, 0.1) is 0 Å².